The molecule has 22 heavy (non-hydrogen) atoms. The summed E-state index contributed by atoms with van der Waals surface area (Å²) in [6.07, 6.45) is 3.11. The summed E-state index contributed by atoms with van der Waals surface area (Å²) >= 11 is 1.64. The highest BCUT2D eigenvalue weighted by Crippen LogP contribution is 2.43. The number of amides is 1. The normalized spacial score (nSPS) is 18.3. The van der Waals surface area contributed by atoms with Crippen molar-refractivity contribution < 1.29 is 14.3 Å². The maximum Gasteiger partial charge on any atom is 0.231 e. The van der Waals surface area contributed by atoms with Crippen LogP contribution in [0.1, 0.15) is 48.2 Å². The average Bonchev–Trinajstić information content (AvgIpc) is 3.23. The summed E-state index contributed by atoms with van der Waals surface area (Å²) in [5.41, 5.74) is -0.410. The zero-order valence-electron chi connectivity index (χ0n) is 12.7. The lowest BCUT2D eigenvalue weighted by Gasteiger charge is -2.27. The second-order valence-corrected chi connectivity index (χ2v) is 6.89. The summed E-state index contributed by atoms with van der Waals surface area (Å²) < 4.78 is 5.40. The first-order chi connectivity index (χ1) is 10.6. The SMILES string of the molecule is Cc1ccc([C@@H](O)CNC(=O)C2(c3cccs3)CCCC2)o1. The van der Waals surface area contributed by atoms with E-state index < -0.39 is 11.5 Å². The van der Waals surface area contributed by atoms with Crippen molar-refractivity contribution in [1.82, 2.24) is 5.32 Å². The number of thiophene rings is 1. The fourth-order valence-electron chi connectivity index (χ4n) is 3.21. The molecule has 4 nitrogen and oxygen atoms in total. The summed E-state index contributed by atoms with van der Waals surface area (Å²) in [5, 5.41) is 15.1. The number of rotatable bonds is 5. The van der Waals surface area contributed by atoms with Crippen LogP contribution in [0.5, 0.6) is 0 Å². The molecular formula is C17H21NO3S. The number of aliphatic hydroxyl groups excluding tert-OH is 1. The lowest BCUT2D eigenvalue weighted by molar-refractivity contribution is -0.127. The molecular weight excluding hydrogens is 298 g/mol. The summed E-state index contributed by atoms with van der Waals surface area (Å²) in [6, 6.07) is 7.59. The fourth-order valence-corrected chi connectivity index (χ4v) is 4.19. The van der Waals surface area contributed by atoms with Crippen LogP contribution in [0.4, 0.5) is 0 Å². The Hall–Kier alpha value is -1.59. The molecule has 1 aliphatic rings. The second-order valence-electron chi connectivity index (χ2n) is 5.94. The van der Waals surface area contributed by atoms with E-state index in [1.807, 2.05) is 30.5 Å². The number of nitrogens with one attached hydrogen (secondary N) is 1. The Morgan fingerprint density at radius 2 is 2.18 bits per heavy atom. The quantitative estimate of drug-likeness (QED) is 0.889. The molecule has 1 amide bonds. The van der Waals surface area contributed by atoms with Gasteiger partial charge in [0.05, 0.1) is 12.0 Å². The molecule has 2 N–H and O–H groups in total. The van der Waals surface area contributed by atoms with Crippen molar-refractivity contribution in [2.45, 2.75) is 44.1 Å². The molecule has 0 saturated heterocycles. The van der Waals surface area contributed by atoms with Crippen molar-refractivity contribution in [3.63, 3.8) is 0 Å². The number of carbonyl (C=O) groups excluding carboxylic acids is 1. The molecule has 0 spiro atoms. The fraction of sp³-hybridized carbons (Fsp3) is 0.471. The number of hydrogen-bond donors (Lipinski definition) is 2. The van der Waals surface area contributed by atoms with E-state index in [1.165, 1.54) is 0 Å². The van der Waals surface area contributed by atoms with Gasteiger partial charge in [-0.05, 0) is 43.3 Å². The van der Waals surface area contributed by atoms with E-state index in [9.17, 15) is 9.90 Å². The summed E-state index contributed by atoms with van der Waals surface area (Å²) in [4.78, 5) is 13.9. The Balaban J connectivity index is 1.68. The molecule has 1 saturated carbocycles. The number of hydrogen-bond acceptors (Lipinski definition) is 4. The van der Waals surface area contributed by atoms with Gasteiger partial charge in [-0.25, -0.2) is 0 Å². The van der Waals surface area contributed by atoms with Crippen LogP contribution in [0.25, 0.3) is 0 Å². The molecule has 5 heteroatoms. The zero-order valence-corrected chi connectivity index (χ0v) is 13.5. The lowest BCUT2D eigenvalue weighted by Crippen LogP contribution is -2.43. The van der Waals surface area contributed by atoms with Crippen molar-refractivity contribution in [2.24, 2.45) is 0 Å². The minimum Gasteiger partial charge on any atom is -0.464 e. The maximum atomic E-state index is 12.8. The van der Waals surface area contributed by atoms with Crippen molar-refractivity contribution in [1.29, 1.82) is 0 Å². The van der Waals surface area contributed by atoms with E-state index in [4.69, 9.17) is 4.42 Å². The molecule has 0 bridgehead atoms. The van der Waals surface area contributed by atoms with E-state index in [-0.39, 0.29) is 12.5 Å². The van der Waals surface area contributed by atoms with Gasteiger partial charge in [-0.15, -0.1) is 11.3 Å². The predicted molar refractivity (Wildman–Crippen MR) is 85.9 cm³/mol. The van der Waals surface area contributed by atoms with Gasteiger partial charge in [0.25, 0.3) is 0 Å². The minimum atomic E-state index is -0.806. The van der Waals surface area contributed by atoms with Gasteiger partial charge in [0, 0.05) is 4.88 Å². The Kier molecular flexibility index (Phi) is 4.36. The van der Waals surface area contributed by atoms with E-state index in [1.54, 1.807) is 17.4 Å². The molecule has 1 fully saturated rings. The first-order valence-electron chi connectivity index (χ1n) is 7.68. The van der Waals surface area contributed by atoms with Gasteiger partial charge in [-0.1, -0.05) is 18.9 Å². The molecule has 2 aromatic heterocycles. The van der Waals surface area contributed by atoms with Gasteiger partial charge in [-0.2, -0.15) is 0 Å². The highest BCUT2D eigenvalue weighted by Gasteiger charge is 2.43. The standard InChI is InChI=1S/C17H21NO3S/c1-12-6-7-14(21-12)13(19)11-18-16(20)17(8-2-3-9-17)15-5-4-10-22-15/h4-7,10,13,19H,2-3,8-9,11H2,1H3,(H,18,20)/t13-/m0/s1. The maximum absolute atomic E-state index is 12.8. The molecule has 0 aliphatic heterocycles. The molecule has 2 aromatic rings. The number of furan rings is 1. The topological polar surface area (TPSA) is 62.5 Å². The van der Waals surface area contributed by atoms with Crippen LogP contribution in [0, 0.1) is 6.92 Å². The van der Waals surface area contributed by atoms with Crippen LogP contribution in [0.15, 0.2) is 34.1 Å². The van der Waals surface area contributed by atoms with Gasteiger partial charge < -0.3 is 14.8 Å². The van der Waals surface area contributed by atoms with E-state index in [0.717, 1.165) is 36.3 Å². The third-order valence-electron chi connectivity index (χ3n) is 4.43. The van der Waals surface area contributed by atoms with Crippen molar-refractivity contribution in [3.8, 4) is 0 Å². The van der Waals surface area contributed by atoms with Crippen molar-refractivity contribution >= 4 is 17.2 Å². The Morgan fingerprint density at radius 1 is 1.41 bits per heavy atom. The van der Waals surface area contributed by atoms with Crippen LogP contribution in [-0.2, 0) is 10.2 Å². The van der Waals surface area contributed by atoms with Crippen molar-refractivity contribution in [2.75, 3.05) is 6.54 Å². The van der Waals surface area contributed by atoms with Gasteiger partial charge >= 0.3 is 0 Å². The lowest BCUT2D eigenvalue weighted by atomic mass is 9.83. The van der Waals surface area contributed by atoms with E-state index >= 15 is 0 Å². The van der Waals surface area contributed by atoms with Crippen LogP contribution in [0.3, 0.4) is 0 Å². The smallest absolute Gasteiger partial charge is 0.231 e. The molecule has 3 rings (SSSR count). The minimum absolute atomic E-state index is 0.0229. The number of aliphatic hydroxyl groups is 1. The highest BCUT2D eigenvalue weighted by molar-refractivity contribution is 7.10. The first kappa shape index (κ1) is 15.3. The van der Waals surface area contributed by atoms with Gasteiger partial charge in [0.15, 0.2) is 0 Å². The zero-order chi connectivity index (χ0) is 15.6. The first-order valence-corrected chi connectivity index (χ1v) is 8.56. The largest absolute Gasteiger partial charge is 0.464 e. The molecule has 0 radical (unpaired) electrons. The molecule has 0 unspecified atom stereocenters. The molecule has 1 aliphatic carbocycles. The molecule has 118 valence electrons. The van der Waals surface area contributed by atoms with Gasteiger partial charge in [0.2, 0.25) is 5.91 Å². The third kappa shape index (κ3) is 2.83. The highest BCUT2D eigenvalue weighted by atomic mass is 32.1. The number of aryl methyl sites for hydroxylation is 1. The van der Waals surface area contributed by atoms with Gasteiger partial charge in [-0.3, -0.25) is 4.79 Å². The predicted octanol–water partition coefficient (Wildman–Crippen LogP) is 3.31. The van der Waals surface area contributed by atoms with Crippen molar-refractivity contribution in [3.05, 3.63) is 46.0 Å². The Labute approximate surface area is 134 Å². The summed E-state index contributed by atoms with van der Waals surface area (Å²) in [6.45, 7) is 2.01. The van der Waals surface area contributed by atoms with Crippen LogP contribution >= 0.6 is 11.3 Å². The van der Waals surface area contributed by atoms with Gasteiger partial charge in [0.1, 0.15) is 17.6 Å². The average molecular weight is 319 g/mol. The van der Waals surface area contributed by atoms with E-state index in [0.29, 0.717) is 5.76 Å². The monoisotopic (exact) mass is 319 g/mol. The molecule has 1 atom stereocenters. The van der Waals surface area contributed by atoms with Crippen LogP contribution < -0.4 is 5.32 Å². The molecule has 2 heterocycles. The van der Waals surface area contributed by atoms with Crippen LogP contribution in [0.2, 0.25) is 0 Å². The molecule has 0 aromatic carbocycles. The van der Waals surface area contributed by atoms with Crippen LogP contribution in [-0.4, -0.2) is 17.6 Å². The Morgan fingerprint density at radius 3 is 2.77 bits per heavy atom. The summed E-state index contributed by atoms with van der Waals surface area (Å²) in [5.74, 6) is 1.27. The Bertz CT molecular complexity index is 626. The van der Waals surface area contributed by atoms with E-state index in [2.05, 4.69) is 5.32 Å². The summed E-state index contributed by atoms with van der Waals surface area (Å²) in [7, 11) is 0. The number of carbonyl (C=O) groups is 1. The third-order valence-corrected chi connectivity index (χ3v) is 5.50. The second kappa shape index (κ2) is 6.26.